The van der Waals surface area contributed by atoms with Gasteiger partial charge in [0, 0.05) is 19.5 Å². The Hall–Kier alpha value is -2.45. The zero-order chi connectivity index (χ0) is 14.4. The molecule has 2 heterocycles. The average Bonchev–Trinajstić information content (AvgIpc) is 2.84. The van der Waals surface area contributed by atoms with Gasteiger partial charge in [-0.1, -0.05) is 5.16 Å². The van der Waals surface area contributed by atoms with E-state index in [9.17, 15) is 0 Å². The first-order chi connectivity index (χ1) is 9.71. The molecule has 0 fully saturated rings. The fourth-order valence-corrected chi connectivity index (χ4v) is 1.49. The van der Waals surface area contributed by atoms with E-state index in [2.05, 4.69) is 35.7 Å². The molecule has 0 spiro atoms. The van der Waals surface area contributed by atoms with E-state index in [-0.39, 0.29) is 6.01 Å². The van der Waals surface area contributed by atoms with Crippen LogP contribution in [0.5, 0.6) is 6.01 Å². The maximum absolute atomic E-state index is 5.03. The van der Waals surface area contributed by atoms with Crippen molar-refractivity contribution in [2.45, 2.75) is 20.3 Å². The molecule has 0 aromatic carbocycles. The highest BCUT2D eigenvalue weighted by Crippen LogP contribution is 2.10. The number of anilines is 2. The first-order valence-corrected chi connectivity index (χ1v) is 6.28. The predicted molar refractivity (Wildman–Crippen MR) is 71.8 cm³/mol. The predicted octanol–water partition coefficient (Wildman–Crippen LogP) is 0.658. The van der Waals surface area contributed by atoms with E-state index in [0.29, 0.717) is 43.1 Å². The SMILES string of the molecule is CCNc1nc(NCCc2nc(C)no2)nc(OC)n1. The van der Waals surface area contributed by atoms with Crippen LogP contribution in [0.25, 0.3) is 0 Å². The molecule has 0 aliphatic heterocycles. The number of nitrogens with one attached hydrogen (secondary N) is 2. The standard InChI is InChI=1S/C11H17N7O2/c1-4-12-9-15-10(17-11(16-9)19-3)13-6-5-8-14-7(2)18-20-8/h4-6H2,1-3H3,(H2,12,13,15,16,17). The van der Waals surface area contributed by atoms with Gasteiger partial charge in [-0.3, -0.25) is 0 Å². The van der Waals surface area contributed by atoms with Gasteiger partial charge in [0.15, 0.2) is 5.82 Å². The van der Waals surface area contributed by atoms with Gasteiger partial charge in [-0.25, -0.2) is 0 Å². The minimum atomic E-state index is 0.257. The van der Waals surface area contributed by atoms with Crippen molar-refractivity contribution in [3.63, 3.8) is 0 Å². The summed E-state index contributed by atoms with van der Waals surface area (Å²) in [7, 11) is 1.51. The molecular formula is C11H17N7O2. The Morgan fingerprint density at radius 1 is 1.10 bits per heavy atom. The highest BCUT2D eigenvalue weighted by Gasteiger charge is 2.07. The number of ether oxygens (including phenoxy) is 1. The fraction of sp³-hybridized carbons (Fsp3) is 0.545. The van der Waals surface area contributed by atoms with Crippen molar-refractivity contribution < 1.29 is 9.26 Å². The van der Waals surface area contributed by atoms with Crippen LogP contribution in [0.2, 0.25) is 0 Å². The summed E-state index contributed by atoms with van der Waals surface area (Å²) in [6.45, 7) is 5.02. The number of hydrogen-bond donors (Lipinski definition) is 2. The minimum absolute atomic E-state index is 0.257. The lowest BCUT2D eigenvalue weighted by Crippen LogP contribution is -2.12. The Labute approximate surface area is 116 Å². The molecule has 0 saturated carbocycles. The molecule has 0 saturated heterocycles. The summed E-state index contributed by atoms with van der Waals surface area (Å²) in [5, 5.41) is 9.80. The second kappa shape index (κ2) is 6.64. The molecule has 0 unspecified atom stereocenters. The van der Waals surface area contributed by atoms with Gasteiger partial charge >= 0.3 is 6.01 Å². The summed E-state index contributed by atoms with van der Waals surface area (Å²) in [6.07, 6.45) is 0.589. The quantitative estimate of drug-likeness (QED) is 0.754. The van der Waals surface area contributed by atoms with Gasteiger partial charge in [0.2, 0.25) is 17.8 Å². The van der Waals surface area contributed by atoms with Crippen molar-refractivity contribution in [2.75, 3.05) is 30.8 Å². The maximum atomic E-state index is 5.03. The zero-order valence-electron chi connectivity index (χ0n) is 11.7. The van der Waals surface area contributed by atoms with Crippen LogP contribution in [-0.4, -0.2) is 45.3 Å². The van der Waals surface area contributed by atoms with Crippen molar-refractivity contribution in [3.05, 3.63) is 11.7 Å². The Balaban J connectivity index is 1.95. The Kier molecular flexibility index (Phi) is 4.64. The van der Waals surface area contributed by atoms with Gasteiger partial charge in [-0.05, 0) is 13.8 Å². The Bertz CT molecular complexity index is 557. The minimum Gasteiger partial charge on any atom is -0.467 e. The third-order valence-electron chi connectivity index (χ3n) is 2.32. The summed E-state index contributed by atoms with van der Waals surface area (Å²) in [5.41, 5.74) is 0. The summed E-state index contributed by atoms with van der Waals surface area (Å²) in [6, 6.07) is 0.257. The van der Waals surface area contributed by atoms with E-state index in [1.807, 2.05) is 6.92 Å². The smallest absolute Gasteiger partial charge is 0.322 e. The molecule has 20 heavy (non-hydrogen) atoms. The number of nitrogens with zero attached hydrogens (tertiary/aromatic N) is 5. The Morgan fingerprint density at radius 2 is 1.85 bits per heavy atom. The molecule has 0 atom stereocenters. The number of methoxy groups -OCH3 is 1. The van der Waals surface area contributed by atoms with Gasteiger partial charge in [0.25, 0.3) is 0 Å². The van der Waals surface area contributed by atoms with Crippen LogP contribution in [0.4, 0.5) is 11.9 Å². The van der Waals surface area contributed by atoms with Gasteiger partial charge in [0.05, 0.1) is 7.11 Å². The van der Waals surface area contributed by atoms with E-state index < -0.39 is 0 Å². The molecule has 0 amide bonds. The number of aryl methyl sites for hydroxylation is 1. The highest BCUT2D eigenvalue weighted by atomic mass is 16.5. The lowest BCUT2D eigenvalue weighted by Gasteiger charge is -2.07. The average molecular weight is 279 g/mol. The van der Waals surface area contributed by atoms with Crippen LogP contribution >= 0.6 is 0 Å². The van der Waals surface area contributed by atoms with Crippen LogP contribution < -0.4 is 15.4 Å². The Morgan fingerprint density at radius 3 is 2.45 bits per heavy atom. The molecule has 0 bridgehead atoms. The number of aromatic nitrogens is 5. The highest BCUT2D eigenvalue weighted by molar-refractivity contribution is 5.35. The second-order valence-electron chi connectivity index (χ2n) is 3.91. The monoisotopic (exact) mass is 279 g/mol. The van der Waals surface area contributed by atoms with E-state index in [0.717, 1.165) is 0 Å². The third-order valence-corrected chi connectivity index (χ3v) is 2.32. The van der Waals surface area contributed by atoms with Crippen LogP contribution in [0, 0.1) is 6.92 Å². The van der Waals surface area contributed by atoms with Crippen molar-refractivity contribution in [1.82, 2.24) is 25.1 Å². The summed E-state index contributed by atoms with van der Waals surface area (Å²) in [5.74, 6) is 2.10. The van der Waals surface area contributed by atoms with E-state index in [1.54, 1.807) is 6.92 Å². The van der Waals surface area contributed by atoms with Crippen LogP contribution in [-0.2, 0) is 6.42 Å². The zero-order valence-corrected chi connectivity index (χ0v) is 11.7. The third kappa shape index (κ3) is 3.77. The van der Waals surface area contributed by atoms with Crippen molar-refractivity contribution >= 4 is 11.9 Å². The fourth-order valence-electron chi connectivity index (χ4n) is 1.49. The number of rotatable bonds is 7. The van der Waals surface area contributed by atoms with E-state index in [1.165, 1.54) is 7.11 Å². The van der Waals surface area contributed by atoms with Gasteiger partial charge < -0.3 is 19.9 Å². The molecule has 0 aliphatic carbocycles. The summed E-state index contributed by atoms with van der Waals surface area (Å²) >= 11 is 0. The molecule has 2 rings (SSSR count). The summed E-state index contributed by atoms with van der Waals surface area (Å²) < 4.78 is 10.0. The van der Waals surface area contributed by atoms with Gasteiger partial charge in [0.1, 0.15) is 0 Å². The molecule has 9 heteroatoms. The molecule has 0 aliphatic rings. The molecule has 2 N–H and O–H groups in total. The second-order valence-corrected chi connectivity index (χ2v) is 3.91. The summed E-state index contributed by atoms with van der Waals surface area (Å²) in [4.78, 5) is 16.5. The lowest BCUT2D eigenvalue weighted by atomic mass is 10.4. The van der Waals surface area contributed by atoms with E-state index >= 15 is 0 Å². The van der Waals surface area contributed by atoms with Crippen LogP contribution in [0.3, 0.4) is 0 Å². The van der Waals surface area contributed by atoms with Crippen molar-refractivity contribution in [2.24, 2.45) is 0 Å². The lowest BCUT2D eigenvalue weighted by molar-refractivity contribution is 0.376. The molecule has 108 valence electrons. The maximum Gasteiger partial charge on any atom is 0.322 e. The molecule has 2 aromatic rings. The molecule has 2 aromatic heterocycles. The molecular weight excluding hydrogens is 262 g/mol. The first kappa shape index (κ1) is 14.0. The largest absolute Gasteiger partial charge is 0.467 e. The topological polar surface area (TPSA) is 111 Å². The normalized spacial score (nSPS) is 10.3. The van der Waals surface area contributed by atoms with Crippen LogP contribution in [0.1, 0.15) is 18.6 Å². The van der Waals surface area contributed by atoms with E-state index in [4.69, 9.17) is 9.26 Å². The first-order valence-electron chi connectivity index (χ1n) is 6.28. The van der Waals surface area contributed by atoms with Gasteiger partial charge in [-0.2, -0.15) is 19.9 Å². The van der Waals surface area contributed by atoms with Crippen LogP contribution in [0.15, 0.2) is 4.52 Å². The molecule has 0 radical (unpaired) electrons. The molecule has 9 nitrogen and oxygen atoms in total. The van der Waals surface area contributed by atoms with Crippen molar-refractivity contribution in [3.8, 4) is 6.01 Å². The number of hydrogen-bond acceptors (Lipinski definition) is 9. The van der Waals surface area contributed by atoms with Gasteiger partial charge in [-0.15, -0.1) is 0 Å². The van der Waals surface area contributed by atoms with Crippen molar-refractivity contribution in [1.29, 1.82) is 0 Å².